The summed E-state index contributed by atoms with van der Waals surface area (Å²) >= 11 is 6.07. The van der Waals surface area contributed by atoms with E-state index in [-0.39, 0.29) is 11.7 Å². The Morgan fingerprint density at radius 3 is 3.00 bits per heavy atom. The van der Waals surface area contributed by atoms with Gasteiger partial charge in [-0.05, 0) is 49.7 Å². The van der Waals surface area contributed by atoms with Gasteiger partial charge in [-0.2, -0.15) is 0 Å². The Kier molecular flexibility index (Phi) is 5.48. The van der Waals surface area contributed by atoms with Crippen LogP contribution >= 0.6 is 11.6 Å². The number of aromatic nitrogens is 1. The summed E-state index contributed by atoms with van der Waals surface area (Å²) in [6, 6.07) is 11.1. The Bertz CT molecular complexity index is 706. The number of ether oxygens (including phenoxy) is 1. The van der Waals surface area contributed by atoms with Crippen molar-refractivity contribution in [2.24, 2.45) is 5.92 Å². The zero-order chi connectivity index (χ0) is 16.9. The molecule has 1 aliphatic heterocycles. The topological polar surface area (TPSA) is 42.4 Å². The fraction of sp³-hybridized carbons (Fsp3) is 0.368. The molecular formula is C19H21ClN2O2. The van der Waals surface area contributed by atoms with Crippen molar-refractivity contribution in [3.63, 3.8) is 0 Å². The van der Waals surface area contributed by atoms with Crippen LogP contribution < -0.4 is 4.74 Å². The van der Waals surface area contributed by atoms with E-state index in [1.165, 1.54) is 0 Å². The van der Waals surface area contributed by atoms with Crippen LogP contribution in [0.5, 0.6) is 5.75 Å². The van der Waals surface area contributed by atoms with Crippen LogP contribution in [0.4, 0.5) is 0 Å². The molecule has 24 heavy (non-hydrogen) atoms. The Morgan fingerprint density at radius 1 is 1.38 bits per heavy atom. The first-order valence-electron chi connectivity index (χ1n) is 8.17. The van der Waals surface area contributed by atoms with E-state index < -0.39 is 0 Å². The second-order valence-electron chi connectivity index (χ2n) is 6.10. The van der Waals surface area contributed by atoms with Crippen molar-refractivity contribution in [3.05, 3.63) is 58.9 Å². The monoisotopic (exact) mass is 344 g/mol. The third kappa shape index (κ3) is 3.94. The second-order valence-corrected chi connectivity index (χ2v) is 6.54. The molecule has 1 fully saturated rings. The zero-order valence-electron chi connectivity index (χ0n) is 13.7. The Balaban J connectivity index is 1.72. The van der Waals surface area contributed by atoms with Gasteiger partial charge in [0.1, 0.15) is 5.75 Å². The van der Waals surface area contributed by atoms with Crippen LogP contribution in [-0.4, -0.2) is 35.9 Å². The largest absolute Gasteiger partial charge is 0.496 e. The van der Waals surface area contributed by atoms with E-state index in [0.29, 0.717) is 16.3 Å². The number of carbonyl (C=O) groups excluding carboxylic acids is 1. The lowest BCUT2D eigenvalue weighted by molar-refractivity contribution is 0.0807. The number of pyridine rings is 1. The molecule has 1 atom stereocenters. The van der Waals surface area contributed by atoms with Gasteiger partial charge in [0.2, 0.25) is 0 Å². The Morgan fingerprint density at radius 2 is 2.25 bits per heavy atom. The second kappa shape index (κ2) is 7.77. The molecular weight excluding hydrogens is 324 g/mol. The van der Waals surface area contributed by atoms with Gasteiger partial charge < -0.3 is 4.74 Å². The molecule has 3 rings (SSSR count). The van der Waals surface area contributed by atoms with Crippen molar-refractivity contribution in [3.8, 4) is 5.75 Å². The SMILES string of the molecule is COc1ccc(Cl)cc1C(=O)C1CCCN(Cc2ccccn2)C1. The summed E-state index contributed by atoms with van der Waals surface area (Å²) in [7, 11) is 1.58. The Labute approximate surface area is 147 Å². The first-order chi connectivity index (χ1) is 11.7. The van der Waals surface area contributed by atoms with Gasteiger partial charge in [0.25, 0.3) is 0 Å². The lowest BCUT2D eigenvalue weighted by atomic mass is 9.89. The van der Waals surface area contributed by atoms with E-state index in [1.807, 2.05) is 18.2 Å². The summed E-state index contributed by atoms with van der Waals surface area (Å²) in [5.41, 5.74) is 1.61. The van der Waals surface area contributed by atoms with Crippen LogP contribution in [0.3, 0.4) is 0 Å². The molecule has 0 spiro atoms. The predicted octanol–water partition coefficient (Wildman–Crippen LogP) is 3.84. The summed E-state index contributed by atoms with van der Waals surface area (Å²) in [6.45, 7) is 2.51. The van der Waals surface area contributed by atoms with Crippen molar-refractivity contribution in [1.82, 2.24) is 9.88 Å². The minimum Gasteiger partial charge on any atom is -0.496 e. The predicted molar refractivity (Wildman–Crippen MR) is 94.6 cm³/mol. The molecule has 1 aliphatic rings. The van der Waals surface area contributed by atoms with Gasteiger partial charge in [0.15, 0.2) is 5.78 Å². The number of likely N-dealkylation sites (tertiary alicyclic amines) is 1. The number of piperidine rings is 1. The highest BCUT2D eigenvalue weighted by atomic mass is 35.5. The van der Waals surface area contributed by atoms with Gasteiger partial charge in [-0.3, -0.25) is 14.7 Å². The number of Topliss-reactive ketones (excluding diaryl/α,β-unsaturated/α-hetero) is 1. The summed E-state index contributed by atoms with van der Waals surface area (Å²) in [5, 5.41) is 0.556. The van der Waals surface area contributed by atoms with Crippen LogP contribution in [0.1, 0.15) is 28.9 Å². The first kappa shape index (κ1) is 16.9. The fourth-order valence-electron chi connectivity index (χ4n) is 3.23. The average Bonchev–Trinajstić information content (AvgIpc) is 2.62. The number of halogens is 1. The number of carbonyl (C=O) groups is 1. The maximum Gasteiger partial charge on any atom is 0.170 e. The molecule has 5 heteroatoms. The molecule has 2 heterocycles. The highest BCUT2D eigenvalue weighted by Gasteiger charge is 2.28. The minimum absolute atomic E-state index is 0.0326. The lowest BCUT2D eigenvalue weighted by Crippen LogP contribution is -2.38. The molecule has 0 saturated carbocycles. The van der Waals surface area contributed by atoms with Crippen LogP contribution in [0, 0.1) is 5.92 Å². The summed E-state index contributed by atoms with van der Waals surface area (Å²) in [6.07, 6.45) is 3.71. The zero-order valence-corrected chi connectivity index (χ0v) is 14.5. The Hall–Kier alpha value is -1.91. The van der Waals surface area contributed by atoms with Crippen molar-refractivity contribution < 1.29 is 9.53 Å². The number of hydrogen-bond donors (Lipinski definition) is 0. The smallest absolute Gasteiger partial charge is 0.170 e. The molecule has 1 unspecified atom stereocenters. The molecule has 0 radical (unpaired) electrons. The summed E-state index contributed by atoms with van der Waals surface area (Å²) in [4.78, 5) is 19.6. The quantitative estimate of drug-likeness (QED) is 0.773. The lowest BCUT2D eigenvalue weighted by Gasteiger charge is -2.32. The third-order valence-electron chi connectivity index (χ3n) is 4.42. The van der Waals surface area contributed by atoms with E-state index in [9.17, 15) is 4.79 Å². The van der Waals surface area contributed by atoms with Crippen LogP contribution in [-0.2, 0) is 6.54 Å². The normalized spacial score (nSPS) is 18.3. The standard InChI is InChI=1S/C19H21ClN2O2/c1-24-18-8-7-15(20)11-17(18)19(23)14-5-4-10-22(12-14)13-16-6-2-3-9-21-16/h2-3,6-9,11,14H,4-5,10,12-13H2,1H3. The summed E-state index contributed by atoms with van der Waals surface area (Å²) < 4.78 is 5.33. The van der Waals surface area contributed by atoms with Crippen LogP contribution in [0.15, 0.2) is 42.6 Å². The van der Waals surface area contributed by atoms with Gasteiger partial charge in [-0.15, -0.1) is 0 Å². The van der Waals surface area contributed by atoms with Crippen molar-refractivity contribution in [2.45, 2.75) is 19.4 Å². The van der Waals surface area contributed by atoms with Gasteiger partial charge in [-0.1, -0.05) is 17.7 Å². The molecule has 0 bridgehead atoms. The number of rotatable bonds is 5. The van der Waals surface area contributed by atoms with Gasteiger partial charge >= 0.3 is 0 Å². The molecule has 0 amide bonds. The molecule has 1 saturated heterocycles. The summed E-state index contributed by atoms with van der Waals surface area (Å²) in [5.74, 6) is 0.668. The number of methoxy groups -OCH3 is 1. The van der Waals surface area contributed by atoms with E-state index in [1.54, 1.807) is 31.5 Å². The highest BCUT2D eigenvalue weighted by molar-refractivity contribution is 6.31. The molecule has 0 N–H and O–H groups in total. The molecule has 126 valence electrons. The number of nitrogens with zero attached hydrogens (tertiary/aromatic N) is 2. The van der Waals surface area contributed by atoms with E-state index in [4.69, 9.17) is 16.3 Å². The fourth-order valence-corrected chi connectivity index (χ4v) is 3.40. The first-order valence-corrected chi connectivity index (χ1v) is 8.55. The maximum atomic E-state index is 12.9. The van der Waals surface area contributed by atoms with Gasteiger partial charge in [0, 0.05) is 30.2 Å². The number of hydrogen-bond acceptors (Lipinski definition) is 4. The van der Waals surface area contributed by atoms with Crippen molar-refractivity contribution in [2.75, 3.05) is 20.2 Å². The van der Waals surface area contributed by atoms with Crippen molar-refractivity contribution >= 4 is 17.4 Å². The number of ketones is 1. The van der Waals surface area contributed by atoms with Gasteiger partial charge in [-0.25, -0.2) is 0 Å². The number of benzene rings is 1. The van der Waals surface area contributed by atoms with E-state index in [2.05, 4.69) is 9.88 Å². The molecule has 2 aromatic rings. The minimum atomic E-state index is -0.0326. The van der Waals surface area contributed by atoms with Crippen LogP contribution in [0.2, 0.25) is 5.02 Å². The van der Waals surface area contributed by atoms with Gasteiger partial charge in [0.05, 0.1) is 18.4 Å². The average molecular weight is 345 g/mol. The van der Waals surface area contributed by atoms with Crippen molar-refractivity contribution in [1.29, 1.82) is 0 Å². The van der Waals surface area contributed by atoms with Crippen LogP contribution in [0.25, 0.3) is 0 Å². The maximum absolute atomic E-state index is 12.9. The molecule has 0 aliphatic carbocycles. The molecule has 4 nitrogen and oxygen atoms in total. The highest BCUT2D eigenvalue weighted by Crippen LogP contribution is 2.29. The molecule has 1 aromatic carbocycles. The van der Waals surface area contributed by atoms with E-state index in [0.717, 1.165) is 38.2 Å². The third-order valence-corrected chi connectivity index (χ3v) is 4.65. The molecule has 1 aromatic heterocycles. The van der Waals surface area contributed by atoms with E-state index >= 15 is 0 Å².